The molecule has 1 aromatic heterocycles. The molecular weight excluding hydrogens is 281 g/mol. The first-order valence-corrected chi connectivity index (χ1v) is 5.79. The van der Waals surface area contributed by atoms with Gasteiger partial charge in [-0.15, -0.1) is 11.3 Å². The summed E-state index contributed by atoms with van der Waals surface area (Å²) in [6, 6.07) is 2.84. The van der Waals surface area contributed by atoms with Crippen molar-refractivity contribution >= 4 is 43.3 Å². The molecule has 0 aliphatic rings. The van der Waals surface area contributed by atoms with Crippen molar-refractivity contribution in [2.75, 3.05) is 0 Å². The Morgan fingerprint density at radius 2 is 2.20 bits per heavy atom. The molecule has 2 N–H and O–H groups in total. The van der Waals surface area contributed by atoms with E-state index in [4.69, 9.17) is 5.73 Å². The van der Waals surface area contributed by atoms with E-state index in [0.29, 0.717) is 14.7 Å². The van der Waals surface area contributed by atoms with Crippen molar-refractivity contribution in [1.29, 1.82) is 0 Å². The van der Waals surface area contributed by atoms with Crippen LogP contribution in [0.15, 0.2) is 16.6 Å². The fraction of sp³-hybridized carbons (Fsp3) is 0.100. The maximum Gasteiger partial charge on any atom is 0.259 e. The van der Waals surface area contributed by atoms with Crippen LogP contribution in [0.3, 0.4) is 0 Å². The van der Waals surface area contributed by atoms with E-state index in [-0.39, 0.29) is 5.82 Å². The normalized spacial score (nSPS) is 10.9. The number of amides is 1. The van der Waals surface area contributed by atoms with Gasteiger partial charge in [-0.25, -0.2) is 4.39 Å². The average molecular weight is 288 g/mol. The Morgan fingerprint density at radius 1 is 1.53 bits per heavy atom. The summed E-state index contributed by atoms with van der Waals surface area (Å²) in [6.45, 7) is 1.80. The number of primary amides is 1. The highest BCUT2D eigenvalue weighted by molar-refractivity contribution is 9.10. The number of fused-ring (bicyclic) bond motifs is 1. The van der Waals surface area contributed by atoms with E-state index < -0.39 is 5.91 Å². The number of hydrogen-bond acceptors (Lipinski definition) is 2. The topological polar surface area (TPSA) is 43.1 Å². The molecule has 5 heteroatoms. The van der Waals surface area contributed by atoms with Crippen LogP contribution in [0.1, 0.15) is 15.2 Å². The van der Waals surface area contributed by atoms with Gasteiger partial charge in [0.25, 0.3) is 5.91 Å². The van der Waals surface area contributed by atoms with Gasteiger partial charge in [-0.3, -0.25) is 4.79 Å². The number of carbonyl (C=O) groups is 1. The number of rotatable bonds is 1. The van der Waals surface area contributed by atoms with Crippen molar-refractivity contribution in [3.8, 4) is 0 Å². The number of carbonyl (C=O) groups excluding carboxylic acids is 1. The minimum Gasteiger partial charge on any atom is -0.365 e. The highest BCUT2D eigenvalue weighted by Crippen LogP contribution is 2.37. The summed E-state index contributed by atoms with van der Waals surface area (Å²) in [6.07, 6.45) is 0. The maximum atomic E-state index is 13.2. The fourth-order valence-electron chi connectivity index (χ4n) is 1.46. The molecule has 2 aromatic rings. The van der Waals surface area contributed by atoms with Gasteiger partial charge >= 0.3 is 0 Å². The number of aryl methyl sites for hydroxylation is 1. The molecule has 1 heterocycles. The Balaban J connectivity index is 2.88. The lowest BCUT2D eigenvalue weighted by atomic mass is 10.2. The van der Waals surface area contributed by atoms with Crippen LogP contribution in [0.25, 0.3) is 10.1 Å². The van der Waals surface area contributed by atoms with E-state index in [0.717, 1.165) is 10.3 Å². The molecule has 1 amide bonds. The van der Waals surface area contributed by atoms with Gasteiger partial charge in [0.2, 0.25) is 0 Å². The van der Waals surface area contributed by atoms with Crippen LogP contribution < -0.4 is 5.73 Å². The van der Waals surface area contributed by atoms with Crippen LogP contribution >= 0.6 is 27.3 Å². The molecule has 0 bridgehead atoms. The number of benzene rings is 1. The molecule has 0 spiro atoms. The minimum atomic E-state index is -0.497. The maximum absolute atomic E-state index is 13.2. The van der Waals surface area contributed by atoms with E-state index in [9.17, 15) is 9.18 Å². The van der Waals surface area contributed by atoms with Gasteiger partial charge in [0.15, 0.2) is 0 Å². The number of halogens is 2. The highest BCUT2D eigenvalue weighted by atomic mass is 79.9. The number of hydrogen-bond donors (Lipinski definition) is 1. The van der Waals surface area contributed by atoms with Crippen molar-refractivity contribution in [2.24, 2.45) is 5.73 Å². The second kappa shape index (κ2) is 3.57. The lowest BCUT2D eigenvalue weighted by molar-refractivity contribution is 0.100. The van der Waals surface area contributed by atoms with Gasteiger partial charge < -0.3 is 5.73 Å². The smallest absolute Gasteiger partial charge is 0.259 e. The molecule has 0 saturated heterocycles. The number of nitrogens with two attached hydrogens (primary N) is 1. The predicted molar refractivity (Wildman–Crippen MR) is 62.7 cm³/mol. The highest BCUT2D eigenvalue weighted by Gasteiger charge is 2.16. The van der Waals surface area contributed by atoms with E-state index in [1.54, 1.807) is 6.92 Å². The molecule has 0 radical (unpaired) electrons. The van der Waals surface area contributed by atoms with Crippen LogP contribution in [-0.2, 0) is 0 Å². The van der Waals surface area contributed by atoms with Crippen molar-refractivity contribution < 1.29 is 9.18 Å². The van der Waals surface area contributed by atoms with E-state index >= 15 is 0 Å². The second-order valence-electron chi connectivity index (χ2n) is 3.21. The SMILES string of the molecule is Cc1cc(F)cc2c(Br)c(C(N)=O)sc12. The second-order valence-corrected chi connectivity index (χ2v) is 5.02. The van der Waals surface area contributed by atoms with Crippen LogP contribution in [0.5, 0.6) is 0 Å². The third-order valence-corrected chi connectivity index (χ3v) is 4.54. The Morgan fingerprint density at radius 3 is 2.80 bits per heavy atom. The predicted octanol–water partition coefficient (Wildman–Crippen LogP) is 3.21. The van der Waals surface area contributed by atoms with E-state index in [1.807, 2.05) is 0 Å². The van der Waals surface area contributed by atoms with Crippen molar-refractivity contribution in [2.45, 2.75) is 6.92 Å². The fourth-order valence-corrected chi connectivity index (χ4v) is 3.33. The lowest BCUT2D eigenvalue weighted by Gasteiger charge is -1.95. The van der Waals surface area contributed by atoms with E-state index in [2.05, 4.69) is 15.9 Å². The summed E-state index contributed by atoms with van der Waals surface area (Å²) in [5.74, 6) is -0.808. The Kier molecular flexibility index (Phi) is 2.52. The zero-order valence-corrected chi connectivity index (χ0v) is 10.2. The molecule has 78 valence electrons. The van der Waals surface area contributed by atoms with Crippen LogP contribution in [0, 0.1) is 12.7 Å². The van der Waals surface area contributed by atoms with Gasteiger partial charge in [-0.05, 0) is 40.5 Å². The molecular formula is C10H7BrFNOS. The third kappa shape index (κ3) is 1.66. The van der Waals surface area contributed by atoms with Gasteiger partial charge in [0, 0.05) is 14.6 Å². The quantitative estimate of drug-likeness (QED) is 0.860. The summed E-state index contributed by atoms with van der Waals surface area (Å²) in [4.78, 5) is 11.5. The molecule has 0 aliphatic carbocycles. The molecule has 15 heavy (non-hydrogen) atoms. The third-order valence-electron chi connectivity index (χ3n) is 2.10. The van der Waals surface area contributed by atoms with Crippen molar-refractivity contribution in [1.82, 2.24) is 0 Å². The van der Waals surface area contributed by atoms with Crippen molar-refractivity contribution in [3.63, 3.8) is 0 Å². The average Bonchev–Trinajstić information content (AvgIpc) is 2.44. The summed E-state index contributed by atoms with van der Waals surface area (Å²) in [5.41, 5.74) is 6.02. The first kappa shape index (κ1) is 10.6. The zero-order valence-electron chi connectivity index (χ0n) is 7.80. The molecule has 0 unspecified atom stereocenters. The van der Waals surface area contributed by atoms with Gasteiger partial charge in [0.05, 0.1) is 0 Å². The molecule has 0 atom stereocenters. The molecule has 2 nitrogen and oxygen atoms in total. The van der Waals surface area contributed by atoms with Crippen molar-refractivity contribution in [3.05, 3.63) is 32.9 Å². The minimum absolute atomic E-state index is 0.311. The zero-order chi connectivity index (χ0) is 11.2. The van der Waals surface area contributed by atoms with Crippen LogP contribution in [-0.4, -0.2) is 5.91 Å². The summed E-state index contributed by atoms with van der Waals surface area (Å²) < 4.78 is 14.6. The Hall–Kier alpha value is -0.940. The molecule has 0 fully saturated rings. The standard InChI is InChI=1S/C10H7BrFNOS/c1-4-2-5(12)3-6-7(11)9(10(13)14)15-8(4)6/h2-3H,1H3,(H2,13,14). The van der Waals surface area contributed by atoms with Gasteiger partial charge in [-0.2, -0.15) is 0 Å². The first-order valence-electron chi connectivity index (χ1n) is 4.18. The van der Waals surface area contributed by atoms with Crippen LogP contribution in [0.2, 0.25) is 0 Å². The van der Waals surface area contributed by atoms with Crippen LogP contribution in [0.4, 0.5) is 4.39 Å². The summed E-state index contributed by atoms with van der Waals surface area (Å²) >= 11 is 4.54. The first-order chi connectivity index (χ1) is 7.00. The summed E-state index contributed by atoms with van der Waals surface area (Å²) in [7, 11) is 0. The Bertz CT molecular complexity index is 564. The monoisotopic (exact) mass is 287 g/mol. The Labute approximate surface area is 98.0 Å². The molecule has 0 saturated carbocycles. The van der Waals surface area contributed by atoms with E-state index in [1.165, 1.54) is 23.5 Å². The molecule has 1 aromatic carbocycles. The molecule has 0 aliphatic heterocycles. The molecule has 2 rings (SSSR count). The number of thiophene rings is 1. The van der Waals surface area contributed by atoms with Gasteiger partial charge in [0.1, 0.15) is 10.7 Å². The largest absolute Gasteiger partial charge is 0.365 e. The lowest BCUT2D eigenvalue weighted by Crippen LogP contribution is -2.08. The summed E-state index contributed by atoms with van der Waals surface area (Å²) in [5, 5.41) is 0.700. The van der Waals surface area contributed by atoms with Gasteiger partial charge in [-0.1, -0.05) is 0 Å².